The number of carboxylic acids is 1. The number of anilines is 1. The highest BCUT2D eigenvalue weighted by molar-refractivity contribution is 8.00. The molecule has 0 bridgehead atoms. The van der Waals surface area contributed by atoms with Crippen molar-refractivity contribution in [1.82, 2.24) is 4.98 Å². The highest BCUT2D eigenvalue weighted by Crippen LogP contribution is 2.39. The molecule has 27 heavy (non-hydrogen) atoms. The van der Waals surface area contributed by atoms with Crippen LogP contribution in [0.3, 0.4) is 0 Å². The Labute approximate surface area is 167 Å². The molecule has 5 nitrogen and oxygen atoms in total. The first-order valence-electron chi connectivity index (χ1n) is 8.29. The number of aliphatic carboxylic acids is 1. The van der Waals surface area contributed by atoms with Crippen molar-refractivity contribution in [1.29, 1.82) is 0 Å². The van der Waals surface area contributed by atoms with E-state index in [2.05, 4.69) is 4.98 Å². The minimum absolute atomic E-state index is 0.298. The van der Waals surface area contributed by atoms with Crippen molar-refractivity contribution in [3.05, 3.63) is 53.6 Å². The molecule has 1 aromatic heterocycles. The van der Waals surface area contributed by atoms with Gasteiger partial charge in [0.1, 0.15) is 10.9 Å². The minimum Gasteiger partial charge on any atom is -0.480 e. The predicted molar refractivity (Wildman–Crippen MR) is 110 cm³/mol. The van der Waals surface area contributed by atoms with E-state index in [1.54, 1.807) is 13.0 Å². The third kappa shape index (κ3) is 4.28. The molecular weight excluding hydrogens is 384 g/mol. The van der Waals surface area contributed by atoms with Gasteiger partial charge in [0, 0.05) is 30.9 Å². The van der Waals surface area contributed by atoms with Crippen LogP contribution in [-0.2, 0) is 4.79 Å². The summed E-state index contributed by atoms with van der Waals surface area (Å²) in [7, 11) is 3.95. The Hall–Kier alpha value is -2.44. The van der Waals surface area contributed by atoms with Crippen LogP contribution in [0, 0.1) is 0 Å². The lowest BCUT2D eigenvalue weighted by Crippen LogP contribution is -2.10. The van der Waals surface area contributed by atoms with Gasteiger partial charge in [0.05, 0.1) is 5.02 Å². The average Bonchev–Trinajstić information content (AvgIpc) is 3.05. The minimum atomic E-state index is -0.922. The van der Waals surface area contributed by atoms with Gasteiger partial charge in [-0.2, -0.15) is 0 Å². The van der Waals surface area contributed by atoms with Crippen LogP contribution in [0.1, 0.15) is 6.92 Å². The number of oxazole rings is 1. The molecule has 0 aliphatic carbocycles. The highest BCUT2D eigenvalue weighted by Gasteiger charge is 2.22. The third-order valence-corrected chi connectivity index (χ3v) is 5.27. The lowest BCUT2D eigenvalue weighted by molar-refractivity contribution is -0.136. The van der Waals surface area contributed by atoms with E-state index in [0.29, 0.717) is 27.3 Å². The number of hydrogen-bond acceptors (Lipinski definition) is 5. The first-order chi connectivity index (χ1) is 12.9. The summed E-state index contributed by atoms with van der Waals surface area (Å²) in [6.07, 6.45) is 0. The quantitative estimate of drug-likeness (QED) is 0.565. The van der Waals surface area contributed by atoms with Gasteiger partial charge in [-0.15, -0.1) is 0 Å². The highest BCUT2D eigenvalue weighted by atomic mass is 35.5. The number of rotatable bonds is 6. The Morgan fingerprint density at radius 3 is 2.44 bits per heavy atom. The smallest absolute Gasteiger partial charge is 0.316 e. The molecule has 7 heteroatoms. The van der Waals surface area contributed by atoms with E-state index < -0.39 is 11.2 Å². The number of carbonyl (C=O) groups is 1. The summed E-state index contributed by atoms with van der Waals surface area (Å²) in [4.78, 5) is 17.7. The average molecular weight is 403 g/mol. The number of aromatic nitrogens is 1. The Kier molecular flexibility index (Phi) is 5.77. The summed E-state index contributed by atoms with van der Waals surface area (Å²) in [6.45, 7) is 1.60. The van der Waals surface area contributed by atoms with Crippen LogP contribution in [-0.4, -0.2) is 35.4 Å². The standard InChI is InChI=1S/C20H19ClN2O3S/c1-12(19(24)25)27-20-22-17(13-8-10-14(11-9-13)23(2)3)18(26-20)15-6-4-5-7-16(15)21/h4-12H,1-3H3,(H,24,25). The molecule has 3 aromatic rings. The van der Waals surface area contributed by atoms with Crippen molar-refractivity contribution >= 4 is 35.0 Å². The molecule has 140 valence electrons. The summed E-state index contributed by atoms with van der Waals surface area (Å²) in [5, 5.41) is 9.33. The normalized spacial score (nSPS) is 12.0. The van der Waals surface area contributed by atoms with Gasteiger partial charge in [-0.1, -0.05) is 47.6 Å². The number of thioether (sulfide) groups is 1. The first-order valence-corrected chi connectivity index (χ1v) is 9.55. The van der Waals surface area contributed by atoms with Gasteiger partial charge in [0.25, 0.3) is 5.22 Å². The van der Waals surface area contributed by atoms with Crippen LogP contribution in [0.5, 0.6) is 0 Å². The molecule has 2 aromatic carbocycles. The topological polar surface area (TPSA) is 66.6 Å². The number of carboxylic acid groups (broad SMARTS) is 1. The molecular formula is C20H19ClN2O3S. The number of hydrogen-bond donors (Lipinski definition) is 1. The molecule has 1 atom stereocenters. The maximum Gasteiger partial charge on any atom is 0.316 e. The number of benzene rings is 2. The lowest BCUT2D eigenvalue weighted by atomic mass is 10.1. The van der Waals surface area contributed by atoms with E-state index in [0.717, 1.165) is 23.0 Å². The van der Waals surface area contributed by atoms with E-state index >= 15 is 0 Å². The van der Waals surface area contributed by atoms with Gasteiger partial charge in [-0.25, -0.2) is 4.98 Å². The van der Waals surface area contributed by atoms with Gasteiger partial charge >= 0.3 is 5.97 Å². The molecule has 0 aliphatic rings. The second-order valence-electron chi connectivity index (χ2n) is 6.18. The maximum atomic E-state index is 11.2. The van der Waals surface area contributed by atoms with Crippen molar-refractivity contribution in [2.75, 3.05) is 19.0 Å². The Balaban J connectivity index is 2.09. The SMILES string of the molecule is CC(Sc1nc(-c2ccc(N(C)C)cc2)c(-c2ccccc2Cl)o1)C(=O)O. The molecule has 1 unspecified atom stereocenters. The van der Waals surface area contributed by atoms with Crippen molar-refractivity contribution < 1.29 is 14.3 Å². The zero-order chi connectivity index (χ0) is 19.6. The monoisotopic (exact) mass is 402 g/mol. The van der Waals surface area contributed by atoms with Gasteiger partial charge in [-0.3, -0.25) is 4.79 Å². The van der Waals surface area contributed by atoms with E-state index in [-0.39, 0.29) is 0 Å². The van der Waals surface area contributed by atoms with Gasteiger partial charge < -0.3 is 14.4 Å². The van der Waals surface area contributed by atoms with Crippen LogP contribution in [0.4, 0.5) is 5.69 Å². The second-order valence-corrected chi connectivity index (χ2v) is 7.88. The van der Waals surface area contributed by atoms with Crippen molar-refractivity contribution in [3.63, 3.8) is 0 Å². The molecule has 0 radical (unpaired) electrons. The zero-order valence-corrected chi connectivity index (χ0v) is 16.7. The summed E-state index contributed by atoms with van der Waals surface area (Å²) < 4.78 is 5.93. The Morgan fingerprint density at radius 2 is 1.85 bits per heavy atom. The lowest BCUT2D eigenvalue weighted by Gasteiger charge is -2.12. The second kappa shape index (κ2) is 8.06. The van der Waals surface area contributed by atoms with Crippen molar-refractivity contribution in [3.8, 4) is 22.6 Å². The summed E-state index contributed by atoms with van der Waals surface area (Å²) in [6, 6.07) is 15.3. The van der Waals surface area contributed by atoms with Crippen LogP contribution in [0.25, 0.3) is 22.6 Å². The van der Waals surface area contributed by atoms with Crippen LogP contribution in [0.2, 0.25) is 5.02 Å². The summed E-state index contributed by atoms with van der Waals surface area (Å²) in [5.41, 5.74) is 3.28. The molecule has 1 heterocycles. The van der Waals surface area contributed by atoms with Crippen molar-refractivity contribution in [2.24, 2.45) is 0 Å². The number of nitrogens with zero attached hydrogens (tertiary/aromatic N) is 2. The molecule has 0 saturated heterocycles. The fourth-order valence-corrected chi connectivity index (χ4v) is 3.39. The molecule has 0 spiro atoms. The van der Waals surface area contributed by atoms with Gasteiger partial charge in [-0.05, 0) is 31.2 Å². The van der Waals surface area contributed by atoms with Crippen LogP contribution >= 0.6 is 23.4 Å². The summed E-state index contributed by atoms with van der Waals surface area (Å²) >= 11 is 7.42. The number of halogens is 1. The molecule has 1 N–H and O–H groups in total. The fraction of sp³-hybridized carbons (Fsp3) is 0.200. The van der Waals surface area contributed by atoms with Crippen LogP contribution in [0.15, 0.2) is 58.2 Å². The van der Waals surface area contributed by atoms with Crippen molar-refractivity contribution in [2.45, 2.75) is 17.4 Å². The molecule has 0 fully saturated rings. The maximum absolute atomic E-state index is 11.2. The largest absolute Gasteiger partial charge is 0.480 e. The molecule has 0 saturated carbocycles. The predicted octanol–water partition coefficient (Wildman–Crippen LogP) is 5.29. The summed E-state index contributed by atoms with van der Waals surface area (Å²) in [5.74, 6) is -0.396. The Morgan fingerprint density at radius 1 is 1.19 bits per heavy atom. The first kappa shape index (κ1) is 19.3. The fourth-order valence-electron chi connectivity index (χ4n) is 2.49. The van der Waals surface area contributed by atoms with E-state index in [1.165, 1.54) is 0 Å². The van der Waals surface area contributed by atoms with Gasteiger partial charge in [0.15, 0.2) is 5.76 Å². The van der Waals surface area contributed by atoms with E-state index in [9.17, 15) is 4.79 Å². The zero-order valence-electron chi connectivity index (χ0n) is 15.1. The van der Waals surface area contributed by atoms with E-state index in [1.807, 2.05) is 61.5 Å². The van der Waals surface area contributed by atoms with Gasteiger partial charge in [0.2, 0.25) is 0 Å². The molecule has 0 aliphatic heterocycles. The van der Waals surface area contributed by atoms with Crippen LogP contribution < -0.4 is 4.90 Å². The molecule has 3 rings (SSSR count). The molecule has 0 amide bonds. The third-order valence-electron chi connectivity index (χ3n) is 4.01. The Bertz CT molecular complexity index is 954. The van der Waals surface area contributed by atoms with E-state index in [4.69, 9.17) is 21.1 Å².